The zero-order valence-electron chi connectivity index (χ0n) is 14.0. The number of furan rings is 1. The number of anilines is 1. The Morgan fingerprint density at radius 3 is 2.64 bits per heavy atom. The normalized spacial score (nSPS) is 25.8. The van der Waals surface area contributed by atoms with Crippen molar-refractivity contribution in [1.82, 2.24) is 5.43 Å². The molecule has 0 amide bonds. The third-order valence-corrected chi connectivity index (χ3v) is 5.33. The van der Waals surface area contributed by atoms with E-state index in [-0.39, 0.29) is 5.78 Å². The average molecular weight is 358 g/mol. The Morgan fingerprint density at radius 2 is 2.00 bits per heavy atom. The first-order valence-electron chi connectivity index (χ1n) is 8.58. The summed E-state index contributed by atoms with van der Waals surface area (Å²) in [6, 6.07) is 11.0. The molecule has 25 heavy (non-hydrogen) atoms. The zero-order chi connectivity index (χ0) is 17.4. The number of carbonyl (C=O) groups excluding carboxylic acids is 1. The molecule has 6 heteroatoms. The minimum absolute atomic E-state index is 0.223. The van der Waals surface area contributed by atoms with Crippen molar-refractivity contribution in [3.63, 3.8) is 0 Å². The molecule has 5 nitrogen and oxygen atoms in total. The molecule has 2 aliphatic rings. The van der Waals surface area contributed by atoms with Gasteiger partial charge in [-0.05, 0) is 68.0 Å². The van der Waals surface area contributed by atoms with Crippen LogP contribution in [0.3, 0.4) is 0 Å². The Kier molecular flexibility index (Phi) is 4.04. The number of Topliss-reactive ketones (excluding diaryl/α,β-unsaturated/α-hetero) is 1. The fourth-order valence-corrected chi connectivity index (χ4v) is 3.70. The van der Waals surface area contributed by atoms with Crippen molar-refractivity contribution in [1.29, 1.82) is 0 Å². The van der Waals surface area contributed by atoms with E-state index in [1.807, 2.05) is 29.3 Å². The number of hydrazine groups is 1. The molecule has 0 bridgehead atoms. The van der Waals surface area contributed by atoms with E-state index in [2.05, 4.69) is 12.3 Å². The number of carbonyl (C=O) groups is 1. The van der Waals surface area contributed by atoms with Crippen LogP contribution in [0.25, 0.3) is 0 Å². The van der Waals surface area contributed by atoms with Crippen molar-refractivity contribution < 1.29 is 9.21 Å². The molecule has 1 saturated carbocycles. The zero-order valence-corrected chi connectivity index (χ0v) is 14.8. The van der Waals surface area contributed by atoms with Crippen molar-refractivity contribution >= 4 is 28.9 Å². The Bertz CT molecular complexity index is 791. The van der Waals surface area contributed by atoms with Crippen LogP contribution in [-0.2, 0) is 0 Å². The molecule has 1 aromatic heterocycles. The fourth-order valence-electron chi connectivity index (χ4n) is 3.57. The van der Waals surface area contributed by atoms with E-state index in [4.69, 9.17) is 21.0 Å². The van der Waals surface area contributed by atoms with Gasteiger partial charge < -0.3 is 4.42 Å². The molecular weight excluding hydrogens is 338 g/mol. The van der Waals surface area contributed by atoms with Gasteiger partial charge in [-0.2, -0.15) is 0 Å². The third-order valence-electron chi connectivity index (χ3n) is 5.07. The van der Waals surface area contributed by atoms with Crippen molar-refractivity contribution in [3.8, 4) is 0 Å². The molecule has 1 aromatic carbocycles. The van der Waals surface area contributed by atoms with Gasteiger partial charge in [0.25, 0.3) is 5.78 Å². The SMILES string of the molecule is CC1CCC2(CC1)N=C(C(=O)c1ccco1)NN2c1ccc(Cl)cc1. The number of nitrogens with one attached hydrogen (secondary N) is 1. The van der Waals surface area contributed by atoms with Crippen molar-refractivity contribution in [2.24, 2.45) is 10.9 Å². The molecule has 0 radical (unpaired) electrons. The number of hydrogen-bond donors (Lipinski definition) is 1. The van der Waals surface area contributed by atoms with Crippen molar-refractivity contribution in [2.45, 2.75) is 38.3 Å². The van der Waals surface area contributed by atoms with Crippen LogP contribution in [0.2, 0.25) is 5.02 Å². The summed E-state index contributed by atoms with van der Waals surface area (Å²) in [5.74, 6) is 1.08. The van der Waals surface area contributed by atoms with Crippen molar-refractivity contribution in [2.75, 3.05) is 5.01 Å². The van der Waals surface area contributed by atoms with Crippen LogP contribution in [0.1, 0.15) is 43.2 Å². The Hall–Kier alpha value is -2.27. The predicted molar refractivity (Wildman–Crippen MR) is 97.9 cm³/mol. The molecule has 0 atom stereocenters. The van der Waals surface area contributed by atoms with E-state index in [1.54, 1.807) is 12.1 Å². The first-order chi connectivity index (χ1) is 12.1. The maximum Gasteiger partial charge on any atom is 0.264 e. The van der Waals surface area contributed by atoms with E-state index in [1.165, 1.54) is 6.26 Å². The van der Waals surface area contributed by atoms with Gasteiger partial charge in [-0.3, -0.25) is 15.2 Å². The highest BCUT2D eigenvalue weighted by Crippen LogP contribution is 2.41. The number of halogens is 1. The third kappa shape index (κ3) is 2.93. The summed E-state index contributed by atoms with van der Waals surface area (Å²) >= 11 is 6.03. The summed E-state index contributed by atoms with van der Waals surface area (Å²) in [5, 5.41) is 2.70. The summed E-state index contributed by atoms with van der Waals surface area (Å²) in [5.41, 5.74) is 3.74. The van der Waals surface area contributed by atoms with Gasteiger partial charge in [-0.15, -0.1) is 0 Å². The summed E-state index contributed by atoms with van der Waals surface area (Å²) in [6.45, 7) is 2.26. The highest BCUT2D eigenvalue weighted by molar-refractivity contribution is 6.45. The van der Waals surface area contributed by atoms with Gasteiger partial charge in [0.15, 0.2) is 17.3 Å². The smallest absolute Gasteiger partial charge is 0.264 e. The Labute approximate surface area is 151 Å². The van der Waals surface area contributed by atoms with Crippen LogP contribution in [0.4, 0.5) is 5.69 Å². The van der Waals surface area contributed by atoms with Crippen LogP contribution in [0.15, 0.2) is 52.1 Å². The van der Waals surface area contributed by atoms with Gasteiger partial charge in [-0.1, -0.05) is 18.5 Å². The number of amidine groups is 1. The topological polar surface area (TPSA) is 57.8 Å². The highest BCUT2D eigenvalue weighted by atomic mass is 35.5. The largest absolute Gasteiger partial charge is 0.461 e. The van der Waals surface area contributed by atoms with Gasteiger partial charge in [0.2, 0.25) is 0 Å². The first kappa shape index (κ1) is 16.2. The molecule has 1 spiro atoms. The molecule has 0 saturated heterocycles. The van der Waals surface area contributed by atoms with Crippen molar-refractivity contribution in [3.05, 3.63) is 53.4 Å². The second-order valence-corrected chi connectivity index (χ2v) is 7.29. The minimum Gasteiger partial charge on any atom is -0.461 e. The van der Waals surface area contributed by atoms with Gasteiger partial charge in [0.1, 0.15) is 0 Å². The van der Waals surface area contributed by atoms with Gasteiger partial charge in [0, 0.05) is 5.02 Å². The Balaban J connectivity index is 1.69. The van der Waals surface area contributed by atoms with E-state index < -0.39 is 5.66 Å². The lowest BCUT2D eigenvalue weighted by Gasteiger charge is -2.41. The summed E-state index contributed by atoms with van der Waals surface area (Å²) in [4.78, 5) is 17.5. The molecule has 0 unspecified atom stereocenters. The predicted octanol–water partition coefficient (Wildman–Crippen LogP) is 4.45. The lowest BCUT2D eigenvalue weighted by atomic mass is 9.82. The molecule has 1 aliphatic heterocycles. The fraction of sp³-hybridized carbons (Fsp3) is 0.368. The van der Waals surface area contributed by atoms with Gasteiger partial charge in [-0.25, -0.2) is 4.99 Å². The number of hydrogen-bond acceptors (Lipinski definition) is 5. The van der Waals surface area contributed by atoms with Gasteiger partial charge >= 0.3 is 0 Å². The molecule has 130 valence electrons. The molecular formula is C19H20ClN3O2. The lowest BCUT2D eigenvalue weighted by molar-refractivity contribution is 0.103. The number of rotatable bonds is 3. The molecule has 1 N–H and O–H groups in total. The highest BCUT2D eigenvalue weighted by Gasteiger charge is 2.46. The van der Waals surface area contributed by atoms with Crippen LogP contribution >= 0.6 is 11.6 Å². The maximum absolute atomic E-state index is 12.7. The molecule has 2 heterocycles. The number of benzene rings is 1. The summed E-state index contributed by atoms with van der Waals surface area (Å²) < 4.78 is 5.25. The lowest BCUT2D eigenvalue weighted by Crippen LogP contribution is -2.52. The maximum atomic E-state index is 12.7. The van der Waals surface area contributed by atoms with E-state index in [0.29, 0.717) is 22.5 Å². The van der Waals surface area contributed by atoms with Crippen LogP contribution in [-0.4, -0.2) is 17.3 Å². The van der Waals surface area contributed by atoms with Gasteiger partial charge in [0.05, 0.1) is 12.0 Å². The van der Waals surface area contributed by atoms with E-state index in [9.17, 15) is 4.79 Å². The molecule has 1 fully saturated rings. The van der Waals surface area contributed by atoms with E-state index in [0.717, 1.165) is 31.4 Å². The summed E-state index contributed by atoms with van der Waals surface area (Å²) in [7, 11) is 0. The quantitative estimate of drug-likeness (QED) is 0.825. The number of nitrogens with zero attached hydrogens (tertiary/aromatic N) is 2. The molecule has 4 rings (SSSR count). The summed E-state index contributed by atoms with van der Waals surface area (Å²) in [6.07, 6.45) is 5.46. The van der Waals surface area contributed by atoms with E-state index >= 15 is 0 Å². The second kappa shape index (κ2) is 6.23. The molecule has 2 aromatic rings. The first-order valence-corrected chi connectivity index (χ1v) is 8.96. The molecule has 1 aliphatic carbocycles. The Morgan fingerprint density at radius 1 is 1.28 bits per heavy atom. The number of aliphatic imine (C=N–C) groups is 1. The van der Waals surface area contributed by atoms with Crippen LogP contribution in [0, 0.1) is 5.92 Å². The average Bonchev–Trinajstić information content (AvgIpc) is 3.27. The second-order valence-electron chi connectivity index (χ2n) is 6.86. The minimum atomic E-state index is -0.433. The monoisotopic (exact) mass is 357 g/mol. The van der Waals surface area contributed by atoms with Crippen LogP contribution in [0.5, 0.6) is 0 Å². The van der Waals surface area contributed by atoms with Crippen LogP contribution < -0.4 is 10.4 Å². The number of ketones is 1. The standard InChI is InChI=1S/C19H20ClN3O2/c1-13-8-10-19(11-9-13)21-18(17(24)16-3-2-12-25-16)22-23(19)15-6-4-14(20)5-7-15/h2-7,12-13H,8-11H2,1H3,(H,21,22).